The topological polar surface area (TPSA) is 66.0 Å². The minimum atomic E-state index is -0.514. The summed E-state index contributed by atoms with van der Waals surface area (Å²) in [6.07, 6.45) is 1.40. The number of nitrogens with one attached hydrogen (secondary N) is 1. The second kappa shape index (κ2) is 8.05. The van der Waals surface area contributed by atoms with Crippen LogP contribution in [0.5, 0.6) is 0 Å². The molecule has 0 spiro atoms. The Labute approximate surface area is 163 Å². The first kappa shape index (κ1) is 18.0. The average molecular weight is 428 g/mol. The Morgan fingerprint density at radius 3 is 2.69 bits per heavy atom. The molecule has 0 atom stereocenters. The standard InChI is InChI=1S/C20H12BrClN2O2/c21-17-6-1-2-7-18(17)24-20(25)14(12-23)11-16-8-9-19(26-16)13-4-3-5-15(22)10-13/h1-11H,(H,24,25)/b14-11+. The lowest BCUT2D eigenvalue weighted by Gasteiger charge is -2.05. The van der Waals surface area contributed by atoms with Gasteiger partial charge in [-0.1, -0.05) is 35.9 Å². The number of para-hydroxylation sites is 1. The summed E-state index contributed by atoms with van der Waals surface area (Å²) in [6, 6.07) is 19.8. The van der Waals surface area contributed by atoms with Gasteiger partial charge in [-0.2, -0.15) is 5.26 Å². The highest BCUT2D eigenvalue weighted by Gasteiger charge is 2.12. The van der Waals surface area contributed by atoms with Crippen LogP contribution in [0.25, 0.3) is 17.4 Å². The van der Waals surface area contributed by atoms with Gasteiger partial charge in [-0.25, -0.2) is 0 Å². The van der Waals surface area contributed by atoms with Gasteiger partial charge in [0.25, 0.3) is 5.91 Å². The Morgan fingerprint density at radius 1 is 1.15 bits per heavy atom. The molecule has 0 radical (unpaired) electrons. The molecule has 0 saturated carbocycles. The predicted molar refractivity (Wildman–Crippen MR) is 106 cm³/mol. The fourth-order valence-corrected chi connectivity index (χ4v) is 2.84. The van der Waals surface area contributed by atoms with Crippen molar-refractivity contribution in [2.45, 2.75) is 0 Å². The molecule has 4 nitrogen and oxygen atoms in total. The number of rotatable bonds is 4. The molecule has 0 saturated heterocycles. The molecule has 1 amide bonds. The van der Waals surface area contributed by atoms with E-state index in [4.69, 9.17) is 16.0 Å². The molecule has 0 bridgehead atoms. The summed E-state index contributed by atoms with van der Waals surface area (Å²) in [6.45, 7) is 0. The maximum absolute atomic E-state index is 12.3. The number of hydrogen-bond donors (Lipinski definition) is 1. The summed E-state index contributed by atoms with van der Waals surface area (Å²) in [5, 5.41) is 12.6. The highest BCUT2D eigenvalue weighted by Crippen LogP contribution is 2.26. The lowest BCUT2D eigenvalue weighted by atomic mass is 10.2. The third kappa shape index (κ3) is 4.23. The lowest BCUT2D eigenvalue weighted by Crippen LogP contribution is -2.13. The first-order valence-corrected chi connectivity index (χ1v) is 8.77. The van der Waals surface area contributed by atoms with E-state index in [1.165, 1.54) is 6.08 Å². The molecule has 3 aromatic rings. The van der Waals surface area contributed by atoms with Crippen molar-refractivity contribution in [3.8, 4) is 17.4 Å². The third-order valence-electron chi connectivity index (χ3n) is 3.51. The van der Waals surface area contributed by atoms with Crippen molar-refractivity contribution in [3.05, 3.63) is 81.5 Å². The minimum absolute atomic E-state index is 0.0623. The van der Waals surface area contributed by atoms with Crippen molar-refractivity contribution in [3.63, 3.8) is 0 Å². The van der Waals surface area contributed by atoms with Gasteiger partial charge in [0.05, 0.1) is 5.69 Å². The molecule has 6 heteroatoms. The van der Waals surface area contributed by atoms with Crippen LogP contribution in [0.15, 0.2) is 75.1 Å². The first-order chi connectivity index (χ1) is 12.6. The van der Waals surface area contributed by atoms with E-state index in [2.05, 4.69) is 21.2 Å². The van der Waals surface area contributed by atoms with Gasteiger partial charge in [0.1, 0.15) is 23.2 Å². The van der Waals surface area contributed by atoms with E-state index in [1.54, 1.807) is 42.5 Å². The number of nitriles is 1. The van der Waals surface area contributed by atoms with E-state index in [-0.39, 0.29) is 5.57 Å². The Balaban J connectivity index is 1.82. The normalized spacial score (nSPS) is 11.0. The first-order valence-electron chi connectivity index (χ1n) is 7.60. The zero-order chi connectivity index (χ0) is 18.5. The molecule has 128 valence electrons. The maximum atomic E-state index is 12.3. The lowest BCUT2D eigenvalue weighted by molar-refractivity contribution is -0.112. The number of benzene rings is 2. The van der Waals surface area contributed by atoms with Crippen molar-refractivity contribution < 1.29 is 9.21 Å². The van der Waals surface area contributed by atoms with Crippen molar-refractivity contribution >= 4 is 45.2 Å². The number of hydrogen-bond acceptors (Lipinski definition) is 3. The molecule has 0 aliphatic rings. The van der Waals surface area contributed by atoms with E-state index < -0.39 is 5.91 Å². The minimum Gasteiger partial charge on any atom is -0.457 e. The van der Waals surface area contributed by atoms with Gasteiger partial charge >= 0.3 is 0 Å². The van der Waals surface area contributed by atoms with E-state index in [1.807, 2.05) is 24.3 Å². The third-order valence-corrected chi connectivity index (χ3v) is 4.44. The molecule has 3 rings (SSSR count). The van der Waals surface area contributed by atoms with Gasteiger partial charge in [0.2, 0.25) is 0 Å². The molecule has 1 N–H and O–H groups in total. The van der Waals surface area contributed by atoms with E-state index in [0.717, 1.165) is 10.0 Å². The fraction of sp³-hybridized carbons (Fsp3) is 0. The second-order valence-electron chi connectivity index (χ2n) is 5.32. The van der Waals surface area contributed by atoms with E-state index >= 15 is 0 Å². The smallest absolute Gasteiger partial charge is 0.266 e. The number of furan rings is 1. The molecule has 26 heavy (non-hydrogen) atoms. The predicted octanol–water partition coefficient (Wildman–Crippen LogP) is 5.91. The number of carbonyl (C=O) groups excluding carboxylic acids is 1. The zero-order valence-corrected chi connectivity index (χ0v) is 15.7. The molecule has 0 aliphatic carbocycles. The molecule has 1 aromatic heterocycles. The van der Waals surface area contributed by atoms with Crippen LogP contribution in [0.1, 0.15) is 5.76 Å². The summed E-state index contributed by atoms with van der Waals surface area (Å²) in [5.74, 6) is 0.487. The van der Waals surface area contributed by atoms with Crippen molar-refractivity contribution in [2.75, 3.05) is 5.32 Å². The molecule has 0 aliphatic heterocycles. The van der Waals surface area contributed by atoms with Crippen LogP contribution >= 0.6 is 27.5 Å². The monoisotopic (exact) mass is 426 g/mol. The van der Waals surface area contributed by atoms with Crippen LogP contribution in [-0.2, 0) is 4.79 Å². The van der Waals surface area contributed by atoms with Gasteiger partial charge < -0.3 is 9.73 Å². The van der Waals surface area contributed by atoms with Gasteiger partial charge in [0, 0.05) is 21.1 Å². The number of halogens is 2. The molecular weight excluding hydrogens is 416 g/mol. The van der Waals surface area contributed by atoms with Gasteiger partial charge in [0.15, 0.2) is 0 Å². The number of amides is 1. The van der Waals surface area contributed by atoms with Crippen LogP contribution in [-0.4, -0.2) is 5.91 Å². The van der Waals surface area contributed by atoms with Crippen LogP contribution in [0.4, 0.5) is 5.69 Å². The fourth-order valence-electron chi connectivity index (χ4n) is 2.27. The average Bonchev–Trinajstić information content (AvgIpc) is 3.10. The SMILES string of the molecule is N#C/C(=C\c1ccc(-c2cccc(Cl)c2)o1)C(=O)Nc1ccccc1Br. The van der Waals surface area contributed by atoms with Crippen molar-refractivity contribution in [1.29, 1.82) is 5.26 Å². The summed E-state index contributed by atoms with van der Waals surface area (Å²) >= 11 is 9.34. The van der Waals surface area contributed by atoms with E-state index in [0.29, 0.717) is 22.2 Å². The summed E-state index contributed by atoms with van der Waals surface area (Å²) < 4.78 is 6.43. The molecular formula is C20H12BrClN2O2. The number of anilines is 1. The second-order valence-corrected chi connectivity index (χ2v) is 6.61. The largest absolute Gasteiger partial charge is 0.457 e. The Hall–Kier alpha value is -2.81. The van der Waals surface area contributed by atoms with Gasteiger partial charge in [-0.15, -0.1) is 0 Å². The quantitative estimate of drug-likeness (QED) is 0.416. The van der Waals surface area contributed by atoms with Crippen LogP contribution < -0.4 is 5.32 Å². The van der Waals surface area contributed by atoms with Gasteiger partial charge in [-0.05, 0) is 52.3 Å². The molecule has 2 aromatic carbocycles. The maximum Gasteiger partial charge on any atom is 0.266 e. The summed E-state index contributed by atoms with van der Waals surface area (Å²) in [5.41, 5.74) is 1.33. The number of carbonyl (C=O) groups is 1. The highest BCUT2D eigenvalue weighted by atomic mass is 79.9. The van der Waals surface area contributed by atoms with Crippen LogP contribution in [0.3, 0.4) is 0 Å². The Morgan fingerprint density at radius 2 is 1.96 bits per heavy atom. The molecule has 0 fully saturated rings. The Kier molecular flexibility index (Phi) is 5.57. The van der Waals surface area contributed by atoms with Crippen LogP contribution in [0, 0.1) is 11.3 Å². The number of nitrogens with zero attached hydrogens (tertiary/aromatic N) is 1. The molecule has 0 unspecified atom stereocenters. The van der Waals surface area contributed by atoms with Crippen molar-refractivity contribution in [1.82, 2.24) is 0 Å². The summed E-state index contributed by atoms with van der Waals surface area (Å²) in [7, 11) is 0. The van der Waals surface area contributed by atoms with Crippen LogP contribution in [0.2, 0.25) is 5.02 Å². The van der Waals surface area contributed by atoms with Crippen molar-refractivity contribution in [2.24, 2.45) is 0 Å². The van der Waals surface area contributed by atoms with E-state index in [9.17, 15) is 10.1 Å². The highest BCUT2D eigenvalue weighted by molar-refractivity contribution is 9.10. The Bertz CT molecular complexity index is 1030. The zero-order valence-electron chi connectivity index (χ0n) is 13.4. The van der Waals surface area contributed by atoms with Gasteiger partial charge in [-0.3, -0.25) is 4.79 Å². The summed E-state index contributed by atoms with van der Waals surface area (Å²) in [4.78, 5) is 12.3. The molecule has 1 heterocycles.